The maximum absolute atomic E-state index is 10.9. The predicted octanol–water partition coefficient (Wildman–Crippen LogP) is 1.23. The van der Waals surface area contributed by atoms with Crippen molar-refractivity contribution in [3.05, 3.63) is 24.8 Å². The van der Waals surface area contributed by atoms with Crippen molar-refractivity contribution in [1.82, 2.24) is 5.32 Å². The van der Waals surface area contributed by atoms with Gasteiger partial charge in [0, 0.05) is 7.11 Å². The average Bonchev–Trinajstić information content (AvgIpc) is 2.09. The molecule has 3 nitrogen and oxygen atoms in total. The zero-order valence-electron chi connectivity index (χ0n) is 7.38. The lowest BCUT2D eigenvalue weighted by molar-refractivity contribution is -0.117. The summed E-state index contributed by atoms with van der Waals surface area (Å²) in [6.07, 6.45) is 6.88. The molecule has 0 fully saturated rings. The van der Waals surface area contributed by atoms with Crippen molar-refractivity contribution in [2.45, 2.75) is 12.8 Å². The Morgan fingerprint density at radius 2 is 2.33 bits per heavy atom. The molecule has 12 heavy (non-hydrogen) atoms. The van der Waals surface area contributed by atoms with Crippen molar-refractivity contribution >= 4 is 5.91 Å². The highest BCUT2D eigenvalue weighted by atomic mass is 16.5. The first kappa shape index (κ1) is 10.9. The SMILES string of the molecule is C=CCCC=CC(=O)NCOC. The van der Waals surface area contributed by atoms with E-state index in [4.69, 9.17) is 0 Å². The normalized spacial score (nSPS) is 10.1. The Hall–Kier alpha value is -1.09. The fourth-order valence-electron chi connectivity index (χ4n) is 0.607. The molecule has 0 saturated heterocycles. The summed E-state index contributed by atoms with van der Waals surface area (Å²) >= 11 is 0. The van der Waals surface area contributed by atoms with Gasteiger partial charge >= 0.3 is 0 Å². The van der Waals surface area contributed by atoms with Gasteiger partial charge in [0.05, 0.1) is 0 Å². The van der Waals surface area contributed by atoms with Gasteiger partial charge in [-0.1, -0.05) is 12.2 Å². The van der Waals surface area contributed by atoms with Crippen LogP contribution in [-0.4, -0.2) is 19.7 Å². The van der Waals surface area contributed by atoms with Crippen molar-refractivity contribution in [3.63, 3.8) is 0 Å². The number of allylic oxidation sites excluding steroid dienone is 2. The molecule has 1 N–H and O–H groups in total. The summed E-state index contributed by atoms with van der Waals surface area (Å²) < 4.78 is 4.66. The van der Waals surface area contributed by atoms with E-state index in [0.29, 0.717) is 0 Å². The van der Waals surface area contributed by atoms with Crippen LogP contribution in [0.5, 0.6) is 0 Å². The molecule has 68 valence electrons. The lowest BCUT2D eigenvalue weighted by Crippen LogP contribution is -2.22. The smallest absolute Gasteiger partial charge is 0.245 e. The van der Waals surface area contributed by atoms with Crippen molar-refractivity contribution < 1.29 is 9.53 Å². The predicted molar refractivity (Wildman–Crippen MR) is 48.6 cm³/mol. The molecule has 0 bridgehead atoms. The third kappa shape index (κ3) is 7.02. The van der Waals surface area contributed by atoms with Gasteiger partial charge in [-0.05, 0) is 18.9 Å². The van der Waals surface area contributed by atoms with Gasteiger partial charge in [-0.3, -0.25) is 4.79 Å². The first-order valence-electron chi connectivity index (χ1n) is 3.85. The Morgan fingerprint density at radius 1 is 1.58 bits per heavy atom. The summed E-state index contributed by atoms with van der Waals surface area (Å²) in [5.74, 6) is -0.124. The van der Waals surface area contributed by atoms with E-state index >= 15 is 0 Å². The highest BCUT2D eigenvalue weighted by molar-refractivity contribution is 5.87. The van der Waals surface area contributed by atoms with Gasteiger partial charge in [0.2, 0.25) is 5.91 Å². The highest BCUT2D eigenvalue weighted by Crippen LogP contribution is 1.90. The average molecular weight is 169 g/mol. The van der Waals surface area contributed by atoms with Crippen LogP contribution in [0.4, 0.5) is 0 Å². The summed E-state index contributed by atoms with van der Waals surface area (Å²) in [6.45, 7) is 3.83. The van der Waals surface area contributed by atoms with Crippen molar-refractivity contribution in [2.24, 2.45) is 0 Å². The van der Waals surface area contributed by atoms with Gasteiger partial charge in [0.1, 0.15) is 6.73 Å². The first-order valence-corrected chi connectivity index (χ1v) is 3.85. The lowest BCUT2D eigenvalue weighted by atomic mass is 10.3. The summed E-state index contributed by atoms with van der Waals surface area (Å²) in [5.41, 5.74) is 0. The summed E-state index contributed by atoms with van der Waals surface area (Å²) in [6, 6.07) is 0. The van der Waals surface area contributed by atoms with Crippen LogP contribution in [0.25, 0.3) is 0 Å². The molecule has 0 aromatic heterocycles. The highest BCUT2D eigenvalue weighted by Gasteiger charge is 1.90. The van der Waals surface area contributed by atoms with E-state index in [9.17, 15) is 4.79 Å². The minimum absolute atomic E-state index is 0.124. The van der Waals surface area contributed by atoms with Gasteiger partial charge in [0.25, 0.3) is 0 Å². The second-order valence-corrected chi connectivity index (χ2v) is 2.24. The minimum atomic E-state index is -0.124. The second kappa shape index (κ2) is 8.01. The zero-order valence-corrected chi connectivity index (χ0v) is 7.38. The van der Waals surface area contributed by atoms with Crippen LogP contribution < -0.4 is 5.32 Å². The van der Waals surface area contributed by atoms with Crippen LogP contribution in [0, 0.1) is 0 Å². The number of carbonyl (C=O) groups excluding carboxylic acids is 1. The second-order valence-electron chi connectivity index (χ2n) is 2.24. The number of hydrogen-bond acceptors (Lipinski definition) is 2. The monoisotopic (exact) mass is 169 g/mol. The topological polar surface area (TPSA) is 38.3 Å². The van der Waals surface area contributed by atoms with Crippen LogP contribution in [0.1, 0.15) is 12.8 Å². The molecule has 1 amide bonds. The number of rotatable bonds is 6. The summed E-state index contributed by atoms with van der Waals surface area (Å²) in [7, 11) is 1.53. The van der Waals surface area contributed by atoms with Crippen molar-refractivity contribution in [3.8, 4) is 0 Å². The molecule has 0 heterocycles. The molecule has 0 aliphatic heterocycles. The molecule has 0 saturated carbocycles. The van der Waals surface area contributed by atoms with Crippen LogP contribution in [-0.2, 0) is 9.53 Å². The number of carbonyl (C=O) groups is 1. The van der Waals surface area contributed by atoms with Crippen molar-refractivity contribution in [2.75, 3.05) is 13.8 Å². The van der Waals surface area contributed by atoms with E-state index in [1.807, 2.05) is 12.2 Å². The zero-order chi connectivity index (χ0) is 9.23. The molecule has 0 unspecified atom stereocenters. The Kier molecular flexibility index (Phi) is 7.28. The number of unbranched alkanes of at least 4 members (excludes halogenated alkanes) is 1. The van der Waals surface area contributed by atoms with E-state index in [2.05, 4.69) is 16.6 Å². The van der Waals surface area contributed by atoms with Gasteiger partial charge in [-0.2, -0.15) is 0 Å². The lowest BCUT2D eigenvalue weighted by Gasteiger charge is -1.97. The fourth-order valence-corrected chi connectivity index (χ4v) is 0.607. The Bertz CT molecular complexity index is 164. The number of methoxy groups -OCH3 is 1. The molecule has 0 aliphatic rings. The molecule has 0 radical (unpaired) electrons. The third-order valence-corrected chi connectivity index (χ3v) is 1.20. The van der Waals surface area contributed by atoms with E-state index in [0.717, 1.165) is 12.8 Å². The van der Waals surface area contributed by atoms with E-state index < -0.39 is 0 Å². The van der Waals surface area contributed by atoms with Crippen LogP contribution >= 0.6 is 0 Å². The van der Waals surface area contributed by atoms with Gasteiger partial charge in [0.15, 0.2) is 0 Å². The largest absolute Gasteiger partial charge is 0.364 e. The summed E-state index contributed by atoms with van der Waals surface area (Å²) in [4.78, 5) is 10.9. The van der Waals surface area contributed by atoms with Crippen LogP contribution in [0.15, 0.2) is 24.8 Å². The number of ether oxygens (including phenoxy) is 1. The molecule has 0 spiro atoms. The fraction of sp³-hybridized carbons (Fsp3) is 0.444. The van der Waals surface area contributed by atoms with Gasteiger partial charge in [-0.15, -0.1) is 6.58 Å². The Morgan fingerprint density at radius 3 is 2.92 bits per heavy atom. The summed E-state index contributed by atoms with van der Waals surface area (Å²) in [5, 5.41) is 2.54. The number of amides is 1. The van der Waals surface area contributed by atoms with E-state index in [1.54, 1.807) is 0 Å². The van der Waals surface area contributed by atoms with Crippen LogP contribution in [0.3, 0.4) is 0 Å². The number of nitrogens with one attached hydrogen (secondary N) is 1. The first-order chi connectivity index (χ1) is 5.81. The molecule has 3 heteroatoms. The molecular weight excluding hydrogens is 154 g/mol. The molecule has 0 aromatic rings. The molecule has 0 aromatic carbocycles. The molecule has 0 atom stereocenters. The minimum Gasteiger partial charge on any atom is -0.364 e. The maximum Gasteiger partial charge on any atom is 0.245 e. The molecular formula is C9H15NO2. The van der Waals surface area contributed by atoms with Crippen molar-refractivity contribution in [1.29, 1.82) is 0 Å². The van der Waals surface area contributed by atoms with Crippen LogP contribution in [0.2, 0.25) is 0 Å². The Balaban J connectivity index is 3.39. The number of hydrogen-bond donors (Lipinski definition) is 1. The third-order valence-electron chi connectivity index (χ3n) is 1.20. The van der Waals surface area contributed by atoms with Gasteiger partial charge < -0.3 is 10.1 Å². The quantitative estimate of drug-likeness (QED) is 0.281. The molecule has 0 rings (SSSR count). The van der Waals surface area contributed by atoms with Gasteiger partial charge in [-0.25, -0.2) is 0 Å². The van der Waals surface area contributed by atoms with E-state index in [1.165, 1.54) is 13.2 Å². The Labute approximate surface area is 73.1 Å². The molecule has 0 aliphatic carbocycles. The standard InChI is InChI=1S/C9H15NO2/c1-3-4-5-6-7-9(11)10-8-12-2/h3,6-7H,1,4-5,8H2,2H3,(H,10,11). The van der Waals surface area contributed by atoms with E-state index in [-0.39, 0.29) is 12.6 Å². The maximum atomic E-state index is 10.9.